The monoisotopic (exact) mass is 227 g/mol. The number of hydrogen-bond donors (Lipinski definition) is 2. The molecule has 15 heavy (non-hydrogen) atoms. The van der Waals surface area contributed by atoms with Crippen LogP contribution in [0.4, 0.5) is 0 Å². The van der Waals surface area contributed by atoms with Crippen LogP contribution in [0.25, 0.3) is 0 Å². The molecule has 1 rings (SSSR count). The number of benzene rings is 1. The molecule has 0 saturated heterocycles. The van der Waals surface area contributed by atoms with E-state index in [2.05, 4.69) is 5.32 Å². The van der Waals surface area contributed by atoms with Crippen molar-refractivity contribution in [2.24, 2.45) is 0 Å². The molecule has 0 atom stereocenters. The minimum Gasteiger partial charge on any atom is -0.508 e. The molecule has 3 nitrogen and oxygen atoms in total. The molecule has 2 N–H and O–H groups in total. The Morgan fingerprint density at radius 2 is 2.27 bits per heavy atom. The Labute approximate surface area is 94.1 Å². The number of aromatic hydroxyl groups is 1. The fraction of sp³-hybridized carbons (Fsp3) is 0.364. The van der Waals surface area contributed by atoms with Gasteiger partial charge in [-0.1, -0.05) is 24.6 Å². The van der Waals surface area contributed by atoms with Crippen LogP contribution in [0.2, 0.25) is 5.02 Å². The first-order valence-electron chi connectivity index (χ1n) is 4.88. The lowest BCUT2D eigenvalue weighted by atomic mass is 10.1. The van der Waals surface area contributed by atoms with Crippen molar-refractivity contribution in [2.75, 3.05) is 6.54 Å². The van der Waals surface area contributed by atoms with Crippen LogP contribution in [-0.4, -0.2) is 17.6 Å². The third-order valence-electron chi connectivity index (χ3n) is 2.00. The third kappa shape index (κ3) is 3.44. The number of phenolic OH excluding ortho intramolecular Hbond substituents is 1. The minimum atomic E-state index is -0.125. The first kappa shape index (κ1) is 11.9. The first-order valence-corrected chi connectivity index (χ1v) is 5.26. The highest BCUT2D eigenvalue weighted by molar-refractivity contribution is 6.31. The summed E-state index contributed by atoms with van der Waals surface area (Å²) in [5.74, 6) is -0.0607. The summed E-state index contributed by atoms with van der Waals surface area (Å²) in [6, 6.07) is 4.82. The van der Waals surface area contributed by atoms with Gasteiger partial charge < -0.3 is 10.4 Å². The highest BCUT2D eigenvalue weighted by Crippen LogP contribution is 2.25. The van der Waals surface area contributed by atoms with Crippen molar-refractivity contribution < 1.29 is 9.90 Å². The highest BCUT2D eigenvalue weighted by atomic mass is 35.5. The lowest BCUT2D eigenvalue weighted by molar-refractivity contribution is -0.120. The third-order valence-corrected chi connectivity index (χ3v) is 2.36. The normalized spacial score (nSPS) is 10.0. The van der Waals surface area contributed by atoms with Gasteiger partial charge in [-0.3, -0.25) is 4.79 Å². The second-order valence-electron chi connectivity index (χ2n) is 3.26. The minimum absolute atomic E-state index is 0.0640. The van der Waals surface area contributed by atoms with Crippen molar-refractivity contribution in [3.05, 3.63) is 28.8 Å². The number of carbonyl (C=O) groups excluding carboxylic acids is 1. The molecule has 0 aromatic heterocycles. The van der Waals surface area contributed by atoms with Crippen LogP contribution in [0.5, 0.6) is 5.75 Å². The van der Waals surface area contributed by atoms with Gasteiger partial charge in [0.05, 0.1) is 6.42 Å². The van der Waals surface area contributed by atoms with E-state index in [1.165, 1.54) is 6.07 Å². The number of nitrogens with one attached hydrogen (secondary N) is 1. The standard InChI is InChI=1S/C11H14ClNO2/c1-2-6-13-11(15)7-8-9(12)4-3-5-10(8)14/h3-5,14H,2,6-7H2,1H3,(H,13,15). The summed E-state index contributed by atoms with van der Waals surface area (Å²) in [7, 11) is 0. The molecule has 0 aliphatic heterocycles. The summed E-state index contributed by atoms with van der Waals surface area (Å²) in [6.07, 6.45) is 1.01. The van der Waals surface area contributed by atoms with Crippen LogP contribution < -0.4 is 5.32 Å². The van der Waals surface area contributed by atoms with E-state index >= 15 is 0 Å². The molecule has 0 heterocycles. The van der Waals surface area contributed by atoms with Gasteiger partial charge in [0.25, 0.3) is 0 Å². The molecule has 1 aromatic carbocycles. The van der Waals surface area contributed by atoms with Crippen LogP contribution >= 0.6 is 11.6 Å². The largest absolute Gasteiger partial charge is 0.508 e. The Kier molecular flexibility index (Phi) is 4.43. The van der Waals surface area contributed by atoms with Crippen LogP contribution in [0.1, 0.15) is 18.9 Å². The Morgan fingerprint density at radius 1 is 1.53 bits per heavy atom. The summed E-state index contributed by atoms with van der Waals surface area (Å²) in [5.41, 5.74) is 0.479. The molecule has 0 aliphatic rings. The van der Waals surface area contributed by atoms with Crippen molar-refractivity contribution in [1.29, 1.82) is 0 Å². The van der Waals surface area contributed by atoms with E-state index in [0.29, 0.717) is 17.1 Å². The average Bonchev–Trinajstić information content (AvgIpc) is 2.21. The Balaban J connectivity index is 2.68. The van der Waals surface area contributed by atoms with Gasteiger partial charge in [-0.2, -0.15) is 0 Å². The SMILES string of the molecule is CCCNC(=O)Cc1c(O)cccc1Cl. The molecule has 0 saturated carbocycles. The zero-order chi connectivity index (χ0) is 11.3. The highest BCUT2D eigenvalue weighted by Gasteiger charge is 2.10. The van der Waals surface area contributed by atoms with Gasteiger partial charge in [-0.15, -0.1) is 0 Å². The van der Waals surface area contributed by atoms with E-state index in [1.807, 2.05) is 6.92 Å². The van der Waals surface area contributed by atoms with E-state index in [-0.39, 0.29) is 18.1 Å². The van der Waals surface area contributed by atoms with Crippen LogP contribution in [0, 0.1) is 0 Å². The molecule has 1 amide bonds. The quantitative estimate of drug-likeness (QED) is 0.828. The smallest absolute Gasteiger partial charge is 0.224 e. The summed E-state index contributed by atoms with van der Waals surface area (Å²) in [4.78, 5) is 11.4. The second kappa shape index (κ2) is 5.61. The topological polar surface area (TPSA) is 49.3 Å². The van der Waals surface area contributed by atoms with E-state index in [0.717, 1.165) is 6.42 Å². The molecule has 0 aliphatic carbocycles. The first-order chi connectivity index (χ1) is 7.15. The van der Waals surface area contributed by atoms with Crippen molar-refractivity contribution in [3.63, 3.8) is 0 Å². The summed E-state index contributed by atoms with van der Waals surface area (Å²) >= 11 is 5.87. The number of amides is 1. The number of hydrogen-bond acceptors (Lipinski definition) is 2. The summed E-state index contributed by atoms with van der Waals surface area (Å²) < 4.78 is 0. The zero-order valence-electron chi connectivity index (χ0n) is 8.59. The number of halogens is 1. The van der Waals surface area contributed by atoms with E-state index in [9.17, 15) is 9.90 Å². The molecule has 82 valence electrons. The lowest BCUT2D eigenvalue weighted by Crippen LogP contribution is -2.25. The van der Waals surface area contributed by atoms with E-state index in [1.54, 1.807) is 12.1 Å². The van der Waals surface area contributed by atoms with Gasteiger partial charge >= 0.3 is 0 Å². The van der Waals surface area contributed by atoms with Gasteiger partial charge in [-0.05, 0) is 18.6 Å². The fourth-order valence-corrected chi connectivity index (χ4v) is 1.45. The maximum absolute atomic E-state index is 11.4. The molecular formula is C11H14ClNO2. The Morgan fingerprint density at radius 3 is 2.87 bits per heavy atom. The zero-order valence-corrected chi connectivity index (χ0v) is 9.34. The van der Waals surface area contributed by atoms with Crippen LogP contribution in [0.15, 0.2) is 18.2 Å². The van der Waals surface area contributed by atoms with Crippen LogP contribution in [-0.2, 0) is 11.2 Å². The van der Waals surface area contributed by atoms with Gasteiger partial charge in [0.15, 0.2) is 0 Å². The van der Waals surface area contributed by atoms with Crippen molar-refractivity contribution in [3.8, 4) is 5.75 Å². The Hall–Kier alpha value is -1.22. The molecule has 0 spiro atoms. The summed E-state index contributed by atoms with van der Waals surface area (Å²) in [5, 5.41) is 12.6. The number of carbonyl (C=O) groups is 1. The van der Waals surface area contributed by atoms with Crippen molar-refractivity contribution in [2.45, 2.75) is 19.8 Å². The predicted octanol–water partition coefficient (Wildman–Crippen LogP) is 2.11. The maximum atomic E-state index is 11.4. The molecule has 4 heteroatoms. The van der Waals surface area contributed by atoms with E-state index in [4.69, 9.17) is 11.6 Å². The van der Waals surface area contributed by atoms with Gasteiger partial charge in [-0.25, -0.2) is 0 Å². The van der Waals surface area contributed by atoms with Crippen LogP contribution in [0.3, 0.4) is 0 Å². The second-order valence-corrected chi connectivity index (χ2v) is 3.67. The van der Waals surface area contributed by atoms with Crippen molar-refractivity contribution in [1.82, 2.24) is 5.32 Å². The van der Waals surface area contributed by atoms with Gasteiger partial charge in [0.2, 0.25) is 5.91 Å². The molecule has 0 bridgehead atoms. The Bertz CT molecular complexity index is 332. The number of phenols is 1. The van der Waals surface area contributed by atoms with Crippen molar-refractivity contribution >= 4 is 17.5 Å². The molecule has 0 fully saturated rings. The summed E-state index contributed by atoms with van der Waals surface area (Å²) in [6.45, 7) is 2.62. The number of rotatable bonds is 4. The van der Waals surface area contributed by atoms with Gasteiger partial charge in [0.1, 0.15) is 5.75 Å². The molecular weight excluding hydrogens is 214 g/mol. The fourth-order valence-electron chi connectivity index (χ4n) is 1.21. The van der Waals surface area contributed by atoms with Gasteiger partial charge in [0, 0.05) is 17.1 Å². The molecule has 0 unspecified atom stereocenters. The average molecular weight is 228 g/mol. The maximum Gasteiger partial charge on any atom is 0.224 e. The predicted molar refractivity (Wildman–Crippen MR) is 60.1 cm³/mol. The molecule has 1 aromatic rings. The van der Waals surface area contributed by atoms with E-state index < -0.39 is 0 Å². The molecule has 0 radical (unpaired) electrons. The lowest BCUT2D eigenvalue weighted by Gasteiger charge is -2.07.